The smallest absolute Gasteiger partial charge is 0.225 e. The Morgan fingerprint density at radius 1 is 1.28 bits per heavy atom. The van der Waals surface area contributed by atoms with E-state index in [1.807, 2.05) is 36.0 Å². The largest absolute Gasteiger partial charge is 0.493 e. The lowest BCUT2D eigenvalue weighted by molar-refractivity contribution is -0.116. The molecular formula is C18H27ClN2O3S. The second-order valence-corrected chi connectivity index (χ2v) is 7.52. The number of nitrogens with one attached hydrogen (secondary N) is 2. The van der Waals surface area contributed by atoms with Crippen LogP contribution in [0.5, 0.6) is 5.75 Å². The molecule has 5 nitrogen and oxygen atoms in total. The average Bonchev–Trinajstić information content (AvgIpc) is 2.63. The van der Waals surface area contributed by atoms with E-state index in [4.69, 9.17) is 9.47 Å². The molecule has 1 amide bonds. The van der Waals surface area contributed by atoms with Crippen molar-refractivity contribution >= 4 is 35.8 Å². The molecule has 1 aromatic rings. The molecule has 1 unspecified atom stereocenters. The van der Waals surface area contributed by atoms with Gasteiger partial charge in [0.05, 0.1) is 6.61 Å². The molecule has 0 spiro atoms. The van der Waals surface area contributed by atoms with E-state index < -0.39 is 0 Å². The van der Waals surface area contributed by atoms with Gasteiger partial charge in [-0.05, 0) is 43.0 Å². The number of benzene rings is 1. The Balaban J connectivity index is 0.00000225. The van der Waals surface area contributed by atoms with Crippen LogP contribution in [-0.2, 0) is 9.53 Å². The highest BCUT2D eigenvalue weighted by molar-refractivity contribution is 7.99. The summed E-state index contributed by atoms with van der Waals surface area (Å²) in [6.07, 6.45) is 2.66. The number of thioether (sulfide) groups is 1. The van der Waals surface area contributed by atoms with E-state index in [-0.39, 0.29) is 24.4 Å². The Hall–Kier alpha value is -0.950. The van der Waals surface area contributed by atoms with Crippen molar-refractivity contribution in [2.24, 2.45) is 5.92 Å². The fraction of sp³-hybridized carbons (Fsp3) is 0.611. The predicted octanol–water partition coefficient (Wildman–Crippen LogP) is 2.95. The number of carbonyl (C=O) groups is 1. The first kappa shape index (κ1) is 20.4. The molecule has 2 saturated heterocycles. The first-order chi connectivity index (χ1) is 11.8. The van der Waals surface area contributed by atoms with Crippen LogP contribution in [0.2, 0.25) is 0 Å². The summed E-state index contributed by atoms with van der Waals surface area (Å²) in [6.45, 7) is 3.41. The Morgan fingerprint density at radius 3 is 2.72 bits per heavy atom. The zero-order valence-electron chi connectivity index (χ0n) is 14.4. The monoisotopic (exact) mass is 386 g/mol. The number of hydrogen-bond acceptors (Lipinski definition) is 5. The van der Waals surface area contributed by atoms with Crippen LogP contribution in [-0.4, -0.2) is 49.8 Å². The molecule has 25 heavy (non-hydrogen) atoms. The topological polar surface area (TPSA) is 59.6 Å². The molecule has 7 heteroatoms. The molecule has 2 heterocycles. The van der Waals surface area contributed by atoms with Crippen molar-refractivity contribution in [2.75, 3.05) is 43.2 Å². The highest BCUT2D eigenvalue weighted by Crippen LogP contribution is 2.20. The fourth-order valence-electron chi connectivity index (χ4n) is 2.95. The zero-order valence-corrected chi connectivity index (χ0v) is 16.0. The maximum absolute atomic E-state index is 12.1. The lowest BCUT2D eigenvalue weighted by Crippen LogP contribution is -2.39. The number of amides is 1. The highest BCUT2D eigenvalue weighted by atomic mass is 35.5. The van der Waals surface area contributed by atoms with Crippen molar-refractivity contribution in [2.45, 2.75) is 25.3 Å². The molecule has 1 aromatic carbocycles. The fourth-order valence-corrected chi connectivity index (χ4v) is 3.90. The van der Waals surface area contributed by atoms with Gasteiger partial charge in [-0.3, -0.25) is 4.79 Å². The van der Waals surface area contributed by atoms with Gasteiger partial charge in [-0.2, -0.15) is 11.8 Å². The summed E-state index contributed by atoms with van der Waals surface area (Å²) in [7, 11) is 0. The summed E-state index contributed by atoms with van der Waals surface area (Å²) in [5, 5.41) is 6.34. The number of anilines is 1. The van der Waals surface area contributed by atoms with Gasteiger partial charge in [-0.1, -0.05) is 0 Å². The van der Waals surface area contributed by atoms with Gasteiger partial charge in [0, 0.05) is 49.4 Å². The number of carbonyl (C=O) groups excluding carboxylic acids is 1. The first-order valence-corrected chi connectivity index (χ1v) is 9.86. The van der Waals surface area contributed by atoms with E-state index in [1.54, 1.807) is 0 Å². The lowest BCUT2D eigenvalue weighted by atomic mass is 10.0. The molecule has 0 bridgehead atoms. The van der Waals surface area contributed by atoms with Crippen LogP contribution in [0.25, 0.3) is 0 Å². The molecule has 0 radical (unpaired) electrons. The van der Waals surface area contributed by atoms with Gasteiger partial charge < -0.3 is 20.1 Å². The molecule has 2 fully saturated rings. The van der Waals surface area contributed by atoms with Gasteiger partial charge in [0.1, 0.15) is 5.75 Å². The Kier molecular flexibility index (Phi) is 8.89. The Morgan fingerprint density at radius 2 is 2.04 bits per heavy atom. The van der Waals surface area contributed by atoms with Crippen LogP contribution < -0.4 is 15.4 Å². The van der Waals surface area contributed by atoms with Gasteiger partial charge in [-0.25, -0.2) is 0 Å². The number of rotatable bonds is 6. The standard InChI is InChI=1S/C18H26N2O3S.ClH/c21-18(11-16-13-24-10-7-19-16)20-15-1-3-17(4-2-15)23-12-14-5-8-22-9-6-14;/h1-4,14,16,19H,5-13H2,(H,20,21);1H. The van der Waals surface area contributed by atoms with E-state index in [0.29, 0.717) is 12.3 Å². The third kappa shape index (κ3) is 7.05. The molecule has 0 aromatic heterocycles. The third-order valence-corrected chi connectivity index (χ3v) is 5.53. The zero-order chi connectivity index (χ0) is 16.6. The third-order valence-electron chi connectivity index (χ3n) is 4.39. The van der Waals surface area contributed by atoms with Gasteiger partial charge in [0.2, 0.25) is 5.91 Å². The van der Waals surface area contributed by atoms with Gasteiger partial charge in [0.25, 0.3) is 0 Å². The van der Waals surface area contributed by atoms with Gasteiger partial charge >= 0.3 is 0 Å². The van der Waals surface area contributed by atoms with E-state index in [9.17, 15) is 4.79 Å². The van der Waals surface area contributed by atoms with Crippen LogP contribution in [0.3, 0.4) is 0 Å². The quantitative estimate of drug-likeness (QED) is 0.787. The van der Waals surface area contributed by atoms with Crippen molar-refractivity contribution in [3.63, 3.8) is 0 Å². The molecule has 2 aliphatic rings. The van der Waals surface area contributed by atoms with E-state index in [0.717, 1.165) is 62.1 Å². The maximum atomic E-state index is 12.1. The van der Waals surface area contributed by atoms with E-state index >= 15 is 0 Å². The van der Waals surface area contributed by atoms with E-state index in [1.165, 1.54) is 0 Å². The molecular weight excluding hydrogens is 360 g/mol. The van der Waals surface area contributed by atoms with Crippen molar-refractivity contribution in [1.82, 2.24) is 5.32 Å². The lowest BCUT2D eigenvalue weighted by Gasteiger charge is -2.22. The minimum absolute atomic E-state index is 0. The second kappa shape index (κ2) is 10.9. The molecule has 2 aliphatic heterocycles. The number of hydrogen-bond donors (Lipinski definition) is 2. The number of halogens is 1. The molecule has 1 atom stereocenters. The Bertz CT molecular complexity index is 518. The highest BCUT2D eigenvalue weighted by Gasteiger charge is 2.17. The van der Waals surface area contributed by atoms with Crippen LogP contribution in [0.1, 0.15) is 19.3 Å². The van der Waals surface area contributed by atoms with Crippen LogP contribution >= 0.6 is 24.2 Å². The summed E-state index contributed by atoms with van der Waals surface area (Å²) in [4.78, 5) is 12.1. The normalized spacial score (nSPS) is 21.2. The van der Waals surface area contributed by atoms with Gasteiger partial charge in [-0.15, -0.1) is 12.4 Å². The minimum atomic E-state index is 0. The average molecular weight is 387 g/mol. The Labute approximate surface area is 160 Å². The SMILES string of the molecule is Cl.O=C(CC1CSCCN1)Nc1ccc(OCC2CCOCC2)cc1. The summed E-state index contributed by atoms with van der Waals surface area (Å²) in [5.41, 5.74) is 0.821. The summed E-state index contributed by atoms with van der Waals surface area (Å²) >= 11 is 1.90. The van der Waals surface area contributed by atoms with Crippen molar-refractivity contribution in [1.29, 1.82) is 0 Å². The molecule has 2 N–H and O–H groups in total. The minimum Gasteiger partial charge on any atom is -0.493 e. The molecule has 140 valence electrons. The van der Waals surface area contributed by atoms with Gasteiger partial charge in [0.15, 0.2) is 0 Å². The summed E-state index contributed by atoms with van der Waals surface area (Å²) < 4.78 is 11.2. The predicted molar refractivity (Wildman–Crippen MR) is 105 cm³/mol. The van der Waals surface area contributed by atoms with Crippen molar-refractivity contribution in [3.05, 3.63) is 24.3 Å². The van der Waals surface area contributed by atoms with Crippen LogP contribution in [0, 0.1) is 5.92 Å². The first-order valence-electron chi connectivity index (χ1n) is 8.71. The summed E-state index contributed by atoms with van der Waals surface area (Å²) in [6, 6.07) is 7.93. The summed E-state index contributed by atoms with van der Waals surface area (Å²) in [5.74, 6) is 3.63. The van der Waals surface area contributed by atoms with Crippen molar-refractivity contribution in [3.8, 4) is 5.75 Å². The van der Waals surface area contributed by atoms with Crippen LogP contribution in [0.4, 0.5) is 5.69 Å². The van der Waals surface area contributed by atoms with Crippen molar-refractivity contribution < 1.29 is 14.3 Å². The molecule has 3 rings (SSSR count). The maximum Gasteiger partial charge on any atom is 0.225 e. The molecule has 0 aliphatic carbocycles. The molecule has 0 saturated carbocycles. The van der Waals surface area contributed by atoms with E-state index in [2.05, 4.69) is 10.6 Å². The number of ether oxygens (including phenoxy) is 2. The van der Waals surface area contributed by atoms with Crippen LogP contribution in [0.15, 0.2) is 24.3 Å². The second-order valence-electron chi connectivity index (χ2n) is 6.37.